The maximum Gasteiger partial charge on any atom is 0.184 e. The lowest BCUT2D eigenvalue weighted by molar-refractivity contribution is 0.0966. The number of nitrogens with zero attached hydrogens (tertiary/aromatic N) is 3. The zero-order valence-corrected chi connectivity index (χ0v) is 11.1. The molecular formula is C14H16FN3O. The van der Waals surface area contributed by atoms with E-state index in [1.807, 2.05) is 13.8 Å². The van der Waals surface area contributed by atoms with E-state index < -0.39 is 0 Å². The minimum absolute atomic E-state index is 0.0951. The Morgan fingerprint density at radius 1 is 1.21 bits per heavy atom. The number of aromatic nitrogens is 3. The lowest BCUT2D eigenvalue weighted by Gasteiger charge is -2.04. The Labute approximate surface area is 111 Å². The lowest BCUT2D eigenvalue weighted by atomic mass is 10.1. The van der Waals surface area contributed by atoms with E-state index in [4.69, 9.17) is 0 Å². The van der Waals surface area contributed by atoms with Crippen LogP contribution in [-0.4, -0.2) is 20.5 Å². The van der Waals surface area contributed by atoms with E-state index in [-0.39, 0.29) is 18.1 Å². The molecule has 0 aliphatic heterocycles. The molecule has 2 rings (SSSR count). The molecule has 1 aromatic heterocycles. The largest absolute Gasteiger partial charge is 0.292 e. The van der Waals surface area contributed by atoms with E-state index in [0.29, 0.717) is 5.56 Å². The summed E-state index contributed by atoms with van der Waals surface area (Å²) < 4.78 is 14.4. The second-order valence-corrected chi connectivity index (χ2v) is 4.24. The Hall–Kier alpha value is -2.04. The summed E-state index contributed by atoms with van der Waals surface area (Å²) in [5.74, 6) is 1.10. The number of halogens is 1. The van der Waals surface area contributed by atoms with Crippen molar-refractivity contribution in [3.63, 3.8) is 0 Å². The Bertz CT molecular complexity index is 575. The number of rotatable bonds is 5. The Morgan fingerprint density at radius 2 is 1.89 bits per heavy atom. The maximum absolute atomic E-state index is 12.8. The van der Waals surface area contributed by atoms with E-state index in [1.165, 1.54) is 24.3 Å². The van der Waals surface area contributed by atoms with Crippen molar-refractivity contribution >= 4 is 5.78 Å². The fourth-order valence-corrected chi connectivity index (χ4v) is 1.83. The van der Waals surface area contributed by atoms with Crippen LogP contribution in [0.2, 0.25) is 0 Å². The highest BCUT2D eigenvalue weighted by atomic mass is 19.1. The number of benzene rings is 1. The molecule has 19 heavy (non-hydrogen) atoms. The van der Waals surface area contributed by atoms with Crippen LogP contribution in [0.15, 0.2) is 24.3 Å². The van der Waals surface area contributed by atoms with Crippen LogP contribution in [0.1, 0.15) is 35.9 Å². The summed E-state index contributed by atoms with van der Waals surface area (Å²) in [4.78, 5) is 16.4. The highest BCUT2D eigenvalue weighted by Crippen LogP contribution is 2.07. The first-order valence-corrected chi connectivity index (χ1v) is 6.35. The molecule has 0 radical (unpaired) electrons. The number of ketones is 1. The van der Waals surface area contributed by atoms with Gasteiger partial charge in [0.25, 0.3) is 0 Å². The fraction of sp³-hybridized carbons (Fsp3) is 0.357. The van der Waals surface area contributed by atoms with Crippen molar-refractivity contribution in [2.45, 2.75) is 33.2 Å². The molecule has 4 nitrogen and oxygen atoms in total. The van der Waals surface area contributed by atoms with E-state index >= 15 is 0 Å². The first-order chi connectivity index (χ1) is 9.13. The van der Waals surface area contributed by atoms with Gasteiger partial charge in [0, 0.05) is 18.4 Å². The minimum atomic E-state index is -0.347. The second kappa shape index (κ2) is 5.73. The van der Waals surface area contributed by atoms with Gasteiger partial charge in [0.05, 0.1) is 0 Å². The van der Waals surface area contributed by atoms with Gasteiger partial charge < -0.3 is 0 Å². The molecule has 1 heterocycles. The van der Waals surface area contributed by atoms with Crippen molar-refractivity contribution in [1.29, 1.82) is 0 Å². The molecule has 0 N–H and O–H groups in total. The van der Waals surface area contributed by atoms with Gasteiger partial charge in [-0.1, -0.05) is 13.8 Å². The Morgan fingerprint density at radius 3 is 2.47 bits per heavy atom. The molecule has 0 atom stereocenters. The smallest absolute Gasteiger partial charge is 0.184 e. The van der Waals surface area contributed by atoms with Crippen molar-refractivity contribution in [3.8, 4) is 0 Å². The molecule has 0 aliphatic rings. The van der Waals surface area contributed by atoms with Gasteiger partial charge >= 0.3 is 0 Å². The molecule has 0 bridgehead atoms. The van der Waals surface area contributed by atoms with Gasteiger partial charge in [-0.15, -0.1) is 0 Å². The van der Waals surface area contributed by atoms with Crippen LogP contribution < -0.4 is 0 Å². The SMILES string of the molecule is CCc1nc(CC)n(CC(=O)c2ccc(F)cc2)n1. The van der Waals surface area contributed by atoms with Crippen LogP contribution in [0.4, 0.5) is 4.39 Å². The summed E-state index contributed by atoms with van der Waals surface area (Å²) in [7, 11) is 0. The van der Waals surface area contributed by atoms with Crippen LogP contribution in [-0.2, 0) is 19.4 Å². The summed E-state index contributed by atoms with van der Waals surface area (Å²) in [6, 6.07) is 5.54. The zero-order valence-electron chi connectivity index (χ0n) is 11.1. The summed E-state index contributed by atoms with van der Waals surface area (Å²) in [6.45, 7) is 4.09. The molecule has 5 heteroatoms. The predicted molar refractivity (Wildman–Crippen MR) is 69.5 cm³/mol. The molecule has 0 amide bonds. The summed E-state index contributed by atoms with van der Waals surface area (Å²) in [6.07, 6.45) is 1.47. The van der Waals surface area contributed by atoms with Crippen molar-refractivity contribution < 1.29 is 9.18 Å². The third kappa shape index (κ3) is 3.05. The first-order valence-electron chi connectivity index (χ1n) is 6.35. The quantitative estimate of drug-likeness (QED) is 0.777. The summed E-state index contributed by atoms with van der Waals surface area (Å²) >= 11 is 0. The molecule has 0 saturated carbocycles. The highest BCUT2D eigenvalue weighted by Gasteiger charge is 2.12. The van der Waals surface area contributed by atoms with Crippen molar-refractivity contribution in [2.75, 3.05) is 0 Å². The molecule has 1 aromatic carbocycles. The van der Waals surface area contributed by atoms with E-state index in [1.54, 1.807) is 4.68 Å². The lowest BCUT2D eigenvalue weighted by Crippen LogP contribution is -2.14. The average molecular weight is 261 g/mol. The summed E-state index contributed by atoms with van der Waals surface area (Å²) in [5.41, 5.74) is 0.483. The first kappa shape index (κ1) is 13.4. The summed E-state index contributed by atoms with van der Waals surface area (Å²) in [5, 5.41) is 4.29. The van der Waals surface area contributed by atoms with E-state index in [0.717, 1.165) is 24.5 Å². The monoisotopic (exact) mass is 261 g/mol. The van der Waals surface area contributed by atoms with Gasteiger partial charge in [0.15, 0.2) is 11.6 Å². The normalized spacial score (nSPS) is 10.7. The number of aryl methyl sites for hydroxylation is 2. The van der Waals surface area contributed by atoms with Crippen LogP contribution in [0.25, 0.3) is 0 Å². The van der Waals surface area contributed by atoms with Crippen molar-refractivity contribution in [2.24, 2.45) is 0 Å². The molecule has 0 spiro atoms. The second-order valence-electron chi connectivity index (χ2n) is 4.24. The Balaban J connectivity index is 2.18. The van der Waals surface area contributed by atoms with E-state index in [2.05, 4.69) is 10.1 Å². The molecule has 0 aliphatic carbocycles. The molecular weight excluding hydrogens is 245 g/mol. The van der Waals surface area contributed by atoms with Gasteiger partial charge in [-0.3, -0.25) is 4.79 Å². The number of carbonyl (C=O) groups is 1. The van der Waals surface area contributed by atoms with Crippen LogP contribution in [0.5, 0.6) is 0 Å². The van der Waals surface area contributed by atoms with Gasteiger partial charge in [-0.2, -0.15) is 5.10 Å². The third-order valence-electron chi connectivity index (χ3n) is 2.88. The number of carbonyl (C=O) groups excluding carboxylic acids is 1. The van der Waals surface area contributed by atoms with Crippen molar-refractivity contribution in [3.05, 3.63) is 47.3 Å². The number of Topliss-reactive ketones (excluding diaryl/α,β-unsaturated/α-hetero) is 1. The molecule has 100 valence electrons. The van der Waals surface area contributed by atoms with Crippen LogP contribution in [0, 0.1) is 5.82 Å². The number of hydrogen-bond acceptors (Lipinski definition) is 3. The van der Waals surface area contributed by atoms with Crippen LogP contribution in [0.3, 0.4) is 0 Å². The minimum Gasteiger partial charge on any atom is -0.292 e. The maximum atomic E-state index is 12.8. The van der Waals surface area contributed by atoms with Gasteiger partial charge in [0.1, 0.15) is 18.2 Å². The molecule has 0 unspecified atom stereocenters. The third-order valence-corrected chi connectivity index (χ3v) is 2.88. The fourth-order valence-electron chi connectivity index (χ4n) is 1.83. The van der Waals surface area contributed by atoms with Crippen LogP contribution >= 0.6 is 0 Å². The topological polar surface area (TPSA) is 47.8 Å². The standard InChI is InChI=1S/C14H16FN3O/c1-3-13-16-14(4-2)18(17-13)9-12(19)10-5-7-11(15)8-6-10/h5-8H,3-4,9H2,1-2H3. The average Bonchev–Trinajstić information content (AvgIpc) is 2.81. The van der Waals surface area contributed by atoms with Gasteiger partial charge in [0.2, 0.25) is 0 Å². The van der Waals surface area contributed by atoms with Gasteiger partial charge in [-0.05, 0) is 24.3 Å². The highest BCUT2D eigenvalue weighted by molar-refractivity contribution is 5.95. The van der Waals surface area contributed by atoms with E-state index in [9.17, 15) is 9.18 Å². The molecule has 0 fully saturated rings. The Kier molecular flexibility index (Phi) is 4.04. The molecule has 2 aromatic rings. The van der Waals surface area contributed by atoms with Crippen molar-refractivity contribution in [1.82, 2.24) is 14.8 Å². The number of hydrogen-bond donors (Lipinski definition) is 0. The predicted octanol–water partition coefficient (Wildman–Crippen LogP) is 2.42. The van der Waals surface area contributed by atoms with Gasteiger partial charge in [-0.25, -0.2) is 14.1 Å². The zero-order chi connectivity index (χ0) is 13.8. The molecule has 0 saturated heterocycles.